The molecule has 1 aromatic carbocycles. The second-order valence-corrected chi connectivity index (χ2v) is 6.59. The Morgan fingerprint density at radius 1 is 1.33 bits per heavy atom. The van der Waals surface area contributed by atoms with E-state index in [2.05, 4.69) is 5.32 Å². The van der Waals surface area contributed by atoms with Gasteiger partial charge in [-0.25, -0.2) is 4.79 Å². The van der Waals surface area contributed by atoms with Gasteiger partial charge >= 0.3 is 5.97 Å². The molecule has 1 aliphatic rings. The Bertz CT molecular complexity index is 584. The molecule has 1 heterocycles. The van der Waals surface area contributed by atoms with Gasteiger partial charge in [0.15, 0.2) is 0 Å². The first-order valence-corrected chi connectivity index (χ1v) is 8.75. The van der Waals surface area contributed by atoms with E-state index in [1.807, 2.05) is 25.1 Å². The Hall–Kier alpha value is -1.59. The van der Waals surface area contributed by atoms with Crippen LogP contribution in [-0.4, -0.2) is 36.2 Å². The third kappa shape index (κ3) is 4.08. The molecule has 2 rings (SSSR count). The van der Waals surface area contributed by atoms with Crippen LogP contribution in [0.25, 0.3) is 0 Å². The number of carboxylic acid groups (broad SMARTS) is 1. The van der Waals surface area contributed by atoms with Crippen molar-refractivity contribution in [3.05, 3.63) is 34.9 Å². The molecule has 0 spiro atoms. The fourth-order valence-corrected chi connectivity index (χ4v) is 3.47. The number of unbranched alkanes of at least 4 members (excludes halogenated alkanes) is 1. The van der Waals surface area contributed by atoms with Crippen LogP contribution in [0.1, 0.15) is 44.6 Å². The van der Waals surface area contributed by atoms with Crippen LogP contribution in [0.2, 0.25) is 5.02 Å². The van der Waals surface area contributed by atoms with E-state index in [0.717, 1.165) is 18.4 Å². The fraction of sp³-hybridized carbons (Fsp3) is 0.556. The number of benzene rings is 1. The van der Waals surface area contributed by atoms with Crippen molar-refractivity contribution in [3.63, 3.8) is 0 Å². The van der Waals surface area contributed by atoms with Crippen LogP contribution in [-0.2, 0) is 19.7 Å². The zero-order valence-electron chi connectivity index (χ0n) is 13.9. The molecule has 2 N–H and O–H groups in total. The standard InChI is InChI=1S/C18H24ClNO4/c1-2-3-8-15(16(21)22)20-17(23)18(9-11-24-12-10-18)13-6-4-5-7-14(13)19/h4-7,15H,2-3,8-12H2,1H3,(H,20,23)(H,21,22). The summed E-state index contributed by atoms with van der Waals surface area (Å²) in [5.41, 5.74) is -0.0941. The average Bonchev–Trinajstić information content (AvgIpc) is 2.59. The van der Waals surface area contributed by atoms with Gasteiger partial charge in [0.1, 0.15) is 6.04 Å². The predicted molar refractivity (Wildman–Crippen MR) is 92.3 cm³/mol. The lowest BCUT2D eigenvalue weighted by Gasteiger charge is -2.37. The fourth-order valence-electron chi connectivity index (χ4n) is 3.15. The maximum absolute atomic E-state index is 13.1. The number of nitrogens with one attached hydrogen (secondary N) is 1. The molecule has 0 bridgehead atoms. The van der Waals surface area contributed by atoms with E-state index in [1.54, 1.807) is 6.07 Å². The third-order valence-electron chi connectivity index (χ3n) is 4.62. The minimum absolute atomic E-state index is 0.276. The van der Waals surface area contributed by atoms with E-state index in [-0.39, 0.29) is 5.91 Å². The van der Waals surface area contributed by atoms with Crippen molar-refractivity contribution in [3.8, 4) is 0 Å². The molecule has 0 radical (unpaired) electrons. The summed E-state index contributed by atoms with van der Waals surface area (Å²) in [6, 6.07) is 6.39. The Balaban J connectivity index is 2.29. The van der Waals surface area contributed by atoms with E-state index < -0.39 is 17.4 Å². The highest BCUT2D eigenvalue weighted by Crippen LogP contribution is 2.39. The number of carbonyl (C=O) groups excluding carboxylic acids is 1. The van der Waals surface area contributed by atoms with Crippen molar-refractivity contribution >= 4 is 23.5 Å². The first kappa shape index (κ1) is 18.7. The Morgan fingerprint density at radius 2 is 2.00 bits per heavy atom. The minimum Gasteiger partial charge on any atom is -0.480 e. The molecule has 0 aromatic heterocycles. The van der Waals surface area contributed by atoms with Gasteiger partial charge < -0.3 is 15.2 Å². The molecule has 0 saturated carbocycles. The lowest BCUT2D eigenvalue weighted by Crippen LogP contribution is -2.53. The molecule has 5 nitrogen and oxygen atoms in total. The van der Waals surface area contributed by atoms with E-state index in [0.29, 0.717) is 37.5 Å². The largest absolute Gasteiger partial charge is 0.480 e. The average molecular weight is 354 g/mol. The Morgan fingerprint density at radius 3 is 2.58 bits per heavy atom. The SMILES string of the molecule is CCCCC(NC(=O)C1(c2ccccc2Cl)CCOCC1)C(=O)O. The normalized spacial score (nSPS) is 17.9. The maximum Gasteiger partial charge on any atom is 0.326 e. The number of amides is 1. The highest BCUT2D eigenvalue weighted by atomic mass is 35.5. The lowest BCUT2D eigenvalue weighted by atomic mass is 9.73. The first-order valence-electron chi connectivity index (χ1n) is 8.38. The van der Waals surface area contributed by atoms with Crippen molar-refractivity contribution in [1.82, 2.24) is 5.32 Å². The van der Waals surface area contributed by atoms with Gasteiger partial charge in [-0.3, -0.25) is 4.79 Å². The van der Waals surface area contributed by atoms with Gasteiger partial charge in [0.25, 0.3) is 0 Å². The van der Waals surface area contributed by atoms with Crippen LogP contribution < -0.4 is 5.32 Å². The Kier molecular flexibility index (Phi) is 6.63. The van der Waals surface area contributed by atoms with Crippen molar-refractivity contribution in [2.45, 2.75) is 50.5 Å². The molecular weight excluding hydrogens is 330 g/mol. The van der Waals surface area contributed by atoms with Gasteiger partial charge in [0.2, 0.25) is 5.91 Å². The number of ether oxygens (including phenoxy) is 1. The Labute approximate surface area is 147 Å². The van der Waals surface area contributed by atoms with Crippen LogP contribution in [0.15, 0.2) is 24.3 Å². The summed E-state index contributed by atoms with van der Waals surface area (Å²) in [7, 11) is 0. The van der Waals surface area contributed by atoms with E-state index in [9.17, 15) is 14.7 Å². The molecule has 0 aliphatic carbocycles. The summed E-state index contributed by atoms with van der Waals surface area (Å²) in [6.07, 6.45) is 3.03. The number of hydrogen-bond donors (Lipinski definition) is 2. The van der Waals surface area contributed by atoms with Crippen LogP contribution in [0.4, 0.5) is 0 Å². The van der Waals surface area contributed by atoms with Gasteiger partial charge in [-0.05, 0) is 30.9 Å². The molecule has 24 heavy (non-hydrogen) atoms. The van der Waals surface area contributed by atoms with Crippen LogP contribution >= 0.6 is 11.6 Å². The summed E-state index contributed by atoms with van der Waals surface area (Å²) in [5.74, 6) is -1.28. The van der Waals surface area contributed by atoms with Crippen LogP contribution in [0, 0.1) is 0 Å². The summed E-state index contributed by atoms with van der Waals surface area (Å²) in [6.45, 7) is 2.89. The van der Waals surface area contributed by atoms with Crippen LogP contribution in [0.5, 0.6) is 0 Å². The summed E-state index contributed by atoms with van der Waals surface area (Å²) < 4.78 is 5.41. The van der Waals surface area contributed by atoms with Gasteiger partial charge in [-0.2, -0.15) is 0 Å². The van der Waals surface area contributed by atoms with Gasteiger partial charge in [0.05, 0.1) is 5.41 Å². The van der Waals surface area contributed by atoms with Crippen molar-refractivity contribution in [2.24, 2.45) is 0 Å². The summed E-state index contributed by atoms with van der Waals surface area (Å²) in [4.78, 5) is 24.5. The van der Waals surface area contributed by atoms with Crippen molar-refractivity contribution in [2.75, 3.05) is 13.2 Å². The zero-order valence-corrected chi connectivity index (χ0v) is 14.6. The van der Waals surface area contributed by atoms with E-state index in [4.69, 9.17) is 16.3 Å². The van der Waals surface area contributed by atoms with E-state index >= 15 is 0 Å². The second kappa shape index (κ2) is 8.49. The monoisotopic (exact) mass is 353 g/mol. The lowest BCUT2D eigenvalue weighted by molar-refractivity contribution is -0.144. The smallest absolute Gasteiger partial charge is 0.326 e. The highest BCUT2D eigenvalue weighted by Gasteiger charge is 2.44. The zero-order chi connectivity index (χ0) is 17.6. The first-order chi connectivity index (χ1) is 11.5. The topological polar surface area (TPSA) is 75.6 Å². The molecule has 1 aliphatic heterocycles. The number of carboxylic acids is 1. The van der Waals surface area contributed by atoms with Gasteiger partial charge in [-0.1, -0.05) is 49.6 Å². The molecule has 1 atom stereocenters. The second-order valence-electron chi connectivity index (χ2n) is 6.18. The minimum atomic E-state index is -1.00. The number of rotatable bonds is 7. The number of hydrogen-bond acceptors (Lipinski definition) is 3. The molecular formula is C18H24ClNO4. The van der Waals surface area contributed by atoms with Crippen LogP contribution in [0.3, 0.4) is 0 Å². The van der Waals surface area contributed by atoms with Gasteiger partial charge in [-0.15, -0.1) is 0 Å². The van der Waals surface area contributed by atoms with E-state index in [1.165, 1.54) is 0 Å². The maximum atomic E-state index is 13.1. The molecule has 1 amide bonds. The van der Waals surface area contributed by atoms with Gasteiger partial charge in [0, 0.05) is 18.2 Å². The number of halogens is 1. The molecule has 1 unspecified atom stereocenters. The highest BCUT2D eigenvalue weighted by molar-refractivity contribution is 6.31. The summed E-state index contributed by atoms with van der Waals surface area (Å²) in [5, 5.41) is 12.6. The molecule has 132 valence electrons. The number of carbonyl (C=O) groups is 2. The molecule has 1 saturated heterocycles. The quantitative estimate of drug-likeness (QED) is 0.789. The third-order valence-corrected chi connectivity index (χ3v) is 4.95. The van der Waals surface area contributed by atoms with Crippen molar-refractivity contribution in [1.29, 1.82) is 0 Å². The molecule has 6 heteroatoms. The van der Waals surface area contributed by atoms with Crippen molar-refractivity contribution < 1.29 is 19.4 Å². The number of aliphatic carboxylic acids is 1. The predicted octanol–water partition coefficient (Wildman–Crippen LogP) is 3.15. The molecule has 1 aromatic rings. The molecule has 1 fully saturated rings. The summed E-state index contributed by atoms with van der Waals surface area (Å²) >= 11 is 6.34.